The van der Waals surface area contributed by atoms with Crippen LogP contribution in [0.3, 0.4) is 0 Å². The van der Waals surface area contributed by atoms with Gasteiger partial charge in [-0.3, -0.25) is 4.79 Å². The van der Waals surface area contributed by atoms with Gasteiger partial charge in [0.1, 0.15) is 30.2 Å². The van der Waals surface area contributed by atoms with Gasteiger partial charge in [-0.2, -0.15) is 0 Å². The largest absolute Gasteiger partial charge is 0.394 e. The van der Waals surface area contributed by atoms with Gasteiger partial charge < -0.3 is 35.0 Å². The van der Waals surface area contributed by atoms with Crippen molar-refractivity contribution in [2.45, 2.75) is 95.8 Å². The van der Waals surface area contributed by atoms with Crippen LogP contribution in [0.2, 0.25) is 0 Å². The summed E-state index contributed by atoms with van der Waals surface area (Å²) in [7, 11) is 0. The quantitative estimate of drug-likeness (QED) is 0.431. The highest BCUT2D eigenvalue weighted by Crippen LogP contribution is 2.55. The van der Waals surface area contributed by atoms with Crippen molar-refractivity contribution in [2.75, 3.05) is 6.61 Å². The number of ether oxygens (including phenoxy) is 2. The number of carbonyl (C=O) groups is 1. The molecule has 0 aromatic heterocycles. The number of carbonyl (C=O) groups excluding carboxylic acids is 1. The van der Waals surface area contributed by atoms with Gasteiger partial charge in [-0.05, 0) is 50.4 Å². The van der Waals surface area contributed by atoms with Crippen molar-refractivity contribution < 1.29 is 39.8 Å². The van der Waals surface area contributed by atoms with Gasteiger partial charge in [-0.1, -0.05) is 13.8 Å². The first-order valence-electron chi connectivity index (χ1n) is 10.6. The predicted molar refractivity (Wildman–Crippen MR) is 103 cm³/mol. The van der Waals surface area contributed by atoms with Gasteiger partial charge in [-0.25, -0.2) is 0 Å². The van der Waals surface area contributed by atoms with Crippen LogP contribution in [0.4, 0.5) is 0 Å². The summed E-state index contributed by atoms with van der Waals surface area (Å²) in [6.07, 6.45) is -4.73. The topological polar surface area (TPSA) is 137 Å². The summed E-state index contributed by atoms with van der Waals surface area (Å²) in [5.74, 6) is 0.0474. The fourth-order valence-corrected chi connectivity index (χ4v) is 5.58. The van der Waals surface area contributed by atoms with Crippen molar-refractivity contribution in [1.29, 1.82) is 0 Å². The van der Waals surface area contributed by atoms with E-state index in [0.29, 0.717) is 6.42 Å². The van der Waals surface area contributed by atoms with Gasteiger partial charge in [0.05, 0.1) is 18.3 Å². The molecule has 5 N–H and O–H groups in total. The van der Waals surface area contributed by atoms with E-state index >= 15 is 0 Å². The molecule has 10 atom stereocenters. The summed E-state index contributed by atoms with van der Waals surface area (Å²) in [6.45, 7) is 7.26. The van der Waals surface area contributed by atoms with Crippen LogP contribution in [-0.4, -0.2) is 80.3 Å². The third-order valence-corrected chi connectivity index (χ3v) is 7.94. The summed E-state index contributed by atoms with van der Waals surface area (Å²) in [5, 5.41) is 50.2. The fraction of sp³-hybridized carbons (Fsp3) is 0.952. The number of fused-ring (bicyclic) bond motifs is 1. The lowest BCUT2D eigenvalue weighted by Gasteiger charge is -2.55. The van der Waals surface area contributed by atoms with Crippen molar-refractivity contribution in [1.82, 2.24) is 0 Å². The molecular weight excluding hydrogens is 380 g/mol. The SMILES string of the molecule is C[C@@H]1C(=O)C[C@@H](O)[C@]2(C)CC[C@@H](C(C)(C)O[C@@H]3O[C@@H](CO)[C@H](O)[C@@H](O)[C@H]3O)C[C@@H]12. The molecule has 168 valence electrons. The van der Waals surface area contributed by atoms with Crippen LogP contribution in [0.5, 0.6) is 0 Å². The zero-order chi connectivity index (χ0) is 21.7. The number of rotatable bonds is 4. The number of hydrogen-bond donors (Lipinski definition) is 5. The summed E-state index contributed by atoms with van der Waals surface area (Å²) < 4.78 is 11.6. The predicted octanol–water partition coefficient (Wildman–Crippen LogP) is -0.0261. The highest BCUT2D eigenvalue weighted by molar-refractivity contribution is 5.82. The highest BCUT2D eigenvalue weighted by Gasteiger charge is 2.55. The first-order valence-corrected chi connectivity index (χ1v) is 10.6. The number of hydrogen-bond acceptors (Lipinski definition) is 8. The Bertz CT molecular complexity index is 607. The molecule has 1 heterocycles. The number of ketones is 1. The molecule has 2 saturated carbocycles. The van der Waals surface area contributed by atoms with Gasteiger partial charge >= 0.3 is 0 Å². The van der Waals surface area contributed by atoms with Crippen LogP contribution < -0.4 is 0 Å². The van der Waals surface area contributed by atoms with Gasteiger partial charge in [-0.15, -0.1) is 0 Å². The summed E-state index contributed by atoms with van der Waals surface area (Å²) >= 11 is 0. The molecule has 3 rings (SSSR count). The van der Waals surface area contributed by atoms with E-state index in [9.17, 15) is 30.3 Å². The monoisotopic (exact) mass is 416 g/mol. The third kappa shape index (κ3) is 4.01. The van der Waals surface area contributed by atoms with E-state index in [1.54, 1.807) is 0 Å². The van der Waals surface area contributed by atoms with Crippen LogP contribution >= 0.6 is 0 Å². The Morgan fingerprint density at radius 2 is 1.83 bits per heavy atom. The Morgan fingerprint density at radius 1 is 1.17 bits per heavy atom. The Morgan fingerprint density at radius 3 is 2.45 bits per heavy atom. The van der Waals surface area contributed by atoms with Crippen LogP contribution in [0.15, 0.2) is 0 Å². The molecule has 0 bridgehead atoms. The van der Waals surface area contributed by atoms with Crippen LogP contribution in [0.25, 0.3) is 0 Å². The molecule has 0 spiro atoms. The second-order valence-corrected chi connectivity index (χ2v) is 9.98. The lowest BCUT2D eigenvalue weighted by atomic mass is 9.52. The lowest BCUT2D eigenvalue weighted by Crippen LogP contribution is -2.61. The maximum Gasteiger partial charge on any atom is 0.187 e. The number of Topliss-reactive ketones (excluding diaryl/α,β-unsaturated/α-hetero) is 1. The maximum absolute atomic E-state index is 12.3. The van der Waals surface area contributed by atoms with Gasteiger partial charge in [0.15, 0.2) is 6.29 Å². The maximum atomic E-state index is 12.3. The van der Waals surface area contributed by atoms with E-state index in [2.05, 4.69) is 6.92 Å². The molecule has 0 aromatic rings. The fourth-order valence-electron chi connectivity index (χ4n) is 5.58. The van der Waals surface area contributed by atoms with Gasteiger partial charge in [0, 0.05) is 12.3 Å². The lowest BCUT2D eigenvalue weighted by molar-refractivity contribution is -0.330. The number of aliphatic hydroxyl groups is 5. The van der Waals surface area contributed by atoms with E-state index in [0.717, 1.165) is 12.8 Å². The van der Waals surface area contributed by atoms with E-state index < -0.39 is 49.0 Å². The summed E-state index contributed by atoms with van der Waals surface area (Å²) in [5.41, 5.74) is -1.05. The normalized spacial score (nSPS) is 49.0. The zero-order valence-corrected chi connectivity index (χ0v) is 17.7. The molecule has 1 aliphatic heterocycles. The molecule has 2 aliphatic carbocycles. The molecule has 8 nitrogen and oxygen atoms in total. The van der Waals surface area contributed by atoms with E-state index in [4.69, 9.17) is 9.47 Å². The van der Waals surface area contributed by atoms with Crippen molar-refractivity contribution in [2.24, 2.45) is 23.2 Å². The third-order valence-electron chi connectivity index (χ3n) is 7.94. The minimum atomic E-state index is -1.48. The van der Waals surface area contributed by atoms with Crippen LogP contribution in [-0.2, 0) is 14.3 Å². The van der Waals surface area contributed by atoms with E-state index in [-0.39, 0.29) is 35.4 Å². The minimum Gasteiger partial charge on any atom is -0.394 e. The molecule has 3 fully saturated rings. The van der Waals surface area contributed by atoms with Crippen LogP contribution in [0.1, 0.15) is 53.4 Å². The minimum absolute atomic E-state index is 0.0372. The zero-order valence-electron chi connectivity index (χ0n) is 17.7. The van der Waals surface area contributed by atoms with Crippen molar-refractivity contribution in [3.63, 3.8) is 0 Å². The number of aliphatic hydroxyl groups excluding tert-OH is 5. The first kappa shape index (κ1) is 23.1. The van der Waals surface area contributed by atoms with Crippen LogP contribution in [0, 0.1) is 23.2 Å². The molecule has 0 aromatic carbocycles. The van der Waals surface area contributed by atoms with E-state index in [1.807, 2.05) is 20.8 Å². The molecule has 0 amide bonds. The van der Waals surface area contributed by atoms with Crippen molar-refractivity contribution in [3.05, 3.63) is 0 Å². The van der Waals surface area contributed by atoms with Gasteiger partial charge in [0.25, 0.3) is 0 Å². The van der Waals surface area contributed by atoms with Crippen molar-refractivity contribution >= 4 is 5.78 Å². The van der Waals surface area contributed by atoms with E-state index in [1.165, 1.54) is 0 Å². The summed E-state index contributed by atoms with van der Waals surface area (Å²) in [4.78, 5) is 12.3. The Kier molecular flexibility index (Phi) is 6.48. The standard InChI is InChI=1S/C21H36O8/c1-10-12-7-11(5-6-21(12,4)15(24)8-13(10)23)20(2,3)29-19-18(27)17(26)16(25)14(9-22)28-19/h10-12,14-19,22,24-27H,5-9H2,1-4H3/t10-,11+,12-,14-,15+,16-,17+,18+,19-,21+/m0/s1. The molecule has 0 unspecified atom stereocenters. The molecule has 1 saturated heterocycles. The Labute approximate surface area is 171 Å². The Balaban J connectivity index is 1.74. The van der Waals surface area contributed by atoms with Gasteiger partial charge in [0.2, 0.25) is 0 Å². The molecule has 8 heteroatoms. The highest BCUT2D eigenvalue weighted by atomic mass is 16.7. The molecule has 3 aliphatic rings. The molecular formula is C21H36O8. The van der Waals surface area contributed by atoms with Crippen molar-refractivity contribution in [3.8, 4) is 0 Å². The summed E-state index contributed by atoms with van der Waals surface area (Å²) in [6, 6.07) is 0. The average Bonchev–Trinajstić information content (AvgIpc) is 2.66. The second-order valence-electron chi connectivity index (χ2n) is 9.98. The molecule has 29 heavy (non-hydrogen) atoms. The average molecular weight is 417 g/mol. The Hall–Kier alpha value is -0.610. The second kappa shape index (κ2) is 8.15. The molecule has 0 radical (unpaired) electrons. The first-order chi connectivity index (χ1) is 13.4. The smallest absolute Gasteiger partial charge is 0.187 e.